The van der Waals surface area contributed by atoms with Crippen LogP contribution in [0.25, 0.3) is 0 Å². The molecule has 8 heteroatoms. The van der Waals surface area contributed by atoms with E-state index in [2.05, 4.69) is 22.9 Å². The molecular weight excluding hydrogens is 390 g/mol. The number of halogens is 2. The van der Waals surface area contributed by atoms with Crippen molar-refractivity contribution in [2.24, 2.45) is 0 Å². The number of thioether (sulfide) groups is 1. The highest BCUT2D eigenvalue weighted by atomic mass is 79.9. The van der Waals surface area contributed by atoms with Crippen molar-refractivity contribution in [2.75, 3.05) is 18.8 Å². The van der Waals surface area contributed by atoms with Gasteiger partial charge in [-0.15, -0.1) is 22.9 Å². The first-order valence-electron chi connectivity index (χ1n) is 5.95. The van der Waals surface area contributed by atoms with Crippen LogP contribution in [0.1, 0.15) is 18.2 Å². The highest BCUT2D eigenvalue weighted by Gasteiger charge is 2.32. The van der Waals surface area contributed by atoms with Gasteiger partial charge in [0.1, 0.15) is 4.90 Å². The van der Waals surface area contributed by atoms with Gasteiger partial charge in [-0.2, -0.15) is 16.1 Å². The van der Waals surface area contributed by atoms with Gasteiger partial charge in [0.05, 0.1) is 9.67 Å². The van der Waals surface area contributed by atoms with Gasteiger partial charge in [-0.1, -0.05) is 6.92 Å². The summed E-state index contributed by atoms with van der Waals surface area (Å²) in [6.45, 7) is 3.28. The van der Waals surface area contributed by atoms with Crippen molar-refractivity contribution in [3.05, 3.63) is 14.7 Å². The quantitative estimate of drug-likeness (QED) is 0.717. The topological polar surface area (TPSA) is 37.4 Å². The van der Waals surface area contributed by atoms with Crippen LogP contribution in [0.15, 0.2) is 14.7 Å². The molecule has 0 N–H and O–H groups in total. The van der Waals surface area contributed by atoms with E-state index in [4.69, 9.17) is 11.6 Å². The molecule has 0 aromatic carbocycles. The van der Waals surface area contributed by atoms with Crippen molar-refractivity contribution in [2.45, 2.75) is 29.4 Å². The fourth-order valence-electron chi connectivity index (χ4n) is 1.94. The number of hydrogen-bond donors (Lipinski definition) is 0. The molecule has 1 aliphatic rings. The first-order valence-corrected chi connectivity index (χ1v) is 10.6. The molecule has 0 radical (unpaired) electrons. The first-order chi connectivity index (χ1) is 8.98. The highest BCUT2D eigenvalue weighted by Crippen LogP contribution is 2.35. The summed E-state index contributed by atoms with van der Waals surface area (Å²) in [5, 5.41) is 0.397. The lowest BCUT2D eigenvalue weighted by Crippen LogP contribution is -2.41. The Balaban J connectivity index is 2.28. The van der Waals surface area contributed by atoms with Gasteiger partial charge in [0, 0.05) is 29.0 Å². The minimum atomic E-state index is -3.40. The lowest BCUT2D eigenvalue weighted by Gasteiger charge is -2.30. The van der Waals surface area contributed by atoms with Crippen LogP contribution in [0.3, 0.4) is 0 Å². The normalized spacial score (nSPS) is 21.7. The van der Waals surface area contributed by atoms with Crippen LogP contribution in [0.5, 0.6) is 0 Å². The molecule has 2 heterocycles. The second-order valence-corrected chi connectivity index (χ2v) is 10.3. The summed E-state index contributed by atoms with van der Waals surface area (Å²) < 4.78 is 27.5. The van der Waals surface area contributed by atoms with E-state index in [-0.39, 0.29) is 0 Å². The van der Waals surface area contributed by atoms with Crippen LogP contribution in [-0.4, -0.2) is 36.8 Å². The van der Waals surface area contributed by atoms with Gasteiger partial charge in [0.15, 0.2) is 0 Å². The summed E-state index contributed by atoms with van der Waals surface area (Å²) in [5.41, 5.74) is 0. The smallest absolute Gasteiger partial charge is 0.207 e. The Hall–Kier alpha value is 0.730. The third-order valence-corrected chi connectivity index (χ3v) is 8.95. The van der Waals surface area contributed by atoms with Crippen molar-refractivity contribution in [3.63, 3.8) is 0 Å². The van der Waals surface area contributed by atoms with Gasteiger partial charge in [0.2, 0.25) is 10.0 Å². The van der Waals surface area contributed by atoms with E-state index >= 15 is 0 Å². The SMILES string of the molecule is CCC1CN(S(=O)(=O)c2cc(CCl)sc2Br)CCS1. The van der Waals surface area contributed by atoms with E-state index in [9.17, 15) is 8.42 Å². The molecule has 1 saturated heterocycles. The zero-order valence-corrected chi connectivity index (χ0v) is 15.2. The molecule has 0 aliphatic carbocycles. The molecule has 3 nitrogen and oxygen atoms in total. The lowest BCUT2D eigenvalue weighted by atomic mass is 10.3. The van der Waals surface area contributed by atoms with E-state index in [1.54, 1.807) is 10.4 Å². The molecule has 1 fully saturated rings. The molecule has 1 unspecified atom stereocenters. The molecular formula is C11H15BrClNO2S3. The van der Waals surface area contributed by atoms with Crippen molar-refractivity contribution in [3.8, 4) is 0 Å². The van der Waals surface area contributed by atoms with Gasteiger partial charge < -0.3 is 0 Å². The molecule has 0 amide bonds. The fraction of sp³-hybridized carbons (Fsp3) is 0.636. The Morgan fingerprint density at radius 3 is 2.89 bits per heavy atom. The standard InChI is InChI=1S/C11H15BrClNO2S3/c1-2-8-7-14(3-4-17-8)19(15,16)10-5-9(6-13)18-11(10)12/h5,8H,2-4,6-7H2,1H3. The van der Waals surface area contributed by atoms with Crippen LogP contribution >= 0.6 is 50.6 Å². The van der Waals surface area contributed by atoms with Crippen LogP contribution in [-0.2, 0) is 15.9 Å². The number of thiophene rings is 1. The number of sulfonamides is 1. The second kappa shape index (κ2) is 6.66. The number of nitrogens with zero attached hydrogens (tertiary/aromatic N) is 1. The average molecular weight is 405 g/mol. The number of hydrogen-bond acceptors (Lipinski definition) is 4. The van der Waals surface area contributed by atoms with E-state index in [1.165, 1.54) is 11.3 Å². The summed E-state index contributed by atoms with van der Waals surface area (Å²) in [6.07, 6.45) is 0.994. The Labute approximate surface area is 135 Å². The molecule has 19 heavy (non-hydrogen) atoms. The monoisotopic (exact) mass is 403 g/mol. The lowest BCUT2D eigenvalue weighted by molar-refractivity contribution is 0.416. The van der Waals surface area contributed by atoms with Crippen molar-refractivity contribution < 1.29 is 8.42 Å². The largest absolute Gasteiger partial charge is 0.245 e. The molecule has 0 saturated carbocycles. The molecule has 1 atom stereocenters. The molecule has 1 aromatic heterocycles. The Morgan fingerprint density at radius 2 is 2.32 bits per heavy atom. The second-order valence-electron chi connectivity index (χ2n) is 4.25. The molecule has 108 valence electrons. The first kappa shape index (κ1) is 16.1. The maximum absolute atomic E-state index is 12.6. The van der Waals surface area contributed by atoms with Gasteiger partial charge in [0.25, 0.3) is 0 Å². The zero-order valence-electron chi connectivity index (χ0n) is 10.4. The van der Waals surface area contributed by atoms with Crippen LogP contribution in [0.4, 0.5) is 0 Å². The zero-order chi connectivity index (χ0) is 14.0. The van der Waals surface area contributed by atoms with Crippen LogP contribution in [0, 0.1) is 0 Å². The fourth-order valence-corrected chi connectivity index (χ4v) is 7.54. The summed E-state index contributed by atoms with van der Waals surface area (Å²) >= 11 is 12.4. The average Bonchev–Trinajstić information content (AvgIpc) is 2.81. The minimum Gasteiger partial charge on any atom is -0.207 e. The van der Waals surface area contributed by atoms with Crippen molar-refractivity contribution >= 4 is 60.7 Å². The van der Waals surface area contributed by atoms with Gasteiger partial charge in [-0.25, -0.2) is 8.42 Å². The predicted octanol–water partition coefficient (Wildman–Crippen LogP) is 3.77. The third-order valence-electron chi connectivity index (χ3n) is 3.01. The third kappa shape index (κ3) is 3.49. The Bertz CT molecular complexity index is 546. The highest BCUT2D eigenvalue weighted by molar-refractivity contribution is 9.11. The van der Waals surface area contributed by atoms with Crippen molar-refractivity contribution in [1.82, 2.24) is 4.31 Å². The Kier molecular flexibility index (Phi) is 5.65. The molecule has 2 rings (SSSR count). The van der Waals surface area contributed by atoms with E-state index in [0.717, 1.165) is 17.1 Å². The summed E-state index contributed by atoms with van der Waals surface area (Å²) in [5.74, 6) is 1.20. The maximum Gasteiger partial charge on any atom is 0.245 e. The summed E-state index contributed by atoms with van der Waals surface area (Å²) in [4.78, 5) is 1.22. The summed E-state index contributed by atoms with van der Waals surface area (Å²) in [6, 6.07) is 1.68. The van der Waals surface area contributed by atoms with E-state index in [0.29, 0.717) is 32.9 Å². The molecule has 0 spiro atoms. The van der Waals surface area contributed by atoms with E-state index in [1.807, 2.05) is 11.8 Å². The predicted molar refractivity (Wildman–Crippen MR) is 86.9 cm³/mol. The molecule has 1 aromatic rings. The molecule has 1 aliphatic heterocycles. The number of alkyl halides is 1. The van der Waals surface area contributed by atoms with Gasteiger partial charge >= 0.3 is 0 Å². The minimum absolute atomic E-state index is 0.340. The Morgan fingerprint density at radius 1 is 1.58 bits per heavy atom. The van der Waals surface area contributed by atoms with Crippen LogP contribution < -0.4 is 0 Å². The maximum atomic E-state index is 12.6. The summed E-state index contributed by atoms with van der Waals surface area (Å²) in [7, 11) is -3.40. The van der Waals surface area contributed by atoms with Gasteiger partial charge in [-0.05, 0) is 28.4 Å². The van der Waals surface area contributed by atoms with Crippen LogP contribution in [0.2, 0.25) is 0 Å². The van der Waals surface area contributed by atoms with Crippen molar-refractivity contribution in [1.29, 1.82) is 0 Å². The number of rotatable bonds is 4. The molecule has 0 bridgehead atoms. The van der Waals surface area contributed by atoms with E-state index < -0.39 is 10.0 Å². The van der Waals surface area contributed by atoms with Gasteiger partial charge in [-0.3, -0.25) is 0 Å².